The lowest BCUT2D eigenvalue weighted by Crippen LogP contribution is -2.24. The van der Waals surface area contributed by atoms with Crippen LogP contribution >= 0.6 is 11.6 Å². The Morgan fingerprint density at radius 3 is 2.60 bits per heavy atom. The van der Waals surface area contributed by atoms with Crippen molar-refractivity contribution in [2.24, 2.45) is 11.0 Å². The second-order valence-electron chi connectivity index (χ2n) is 5.78. The molecule has 4 nitrogen and oxygen atoms in total. The van der Waals surface area contributed by atoms with E-state index in [-0.39, 0.29) is 9.77 Å². The molecule has 0 saturated heterocycles. The molecule has 0 spiro atoms. The zero-order valence-corrected chi connectivity index (χ0v) is 12.8. The first-order chi connectivity index (χ1) is 9.38. The van der Waals surface area contributed by atoms with Crippen molar-refractivity contribution < 1.29 is 8.42 Å². The van der Waals surface area contributed by atoms with E-state index in [2.05, 4.69) is 9.93 Å². The van der Waals surface area contributed by atoms with E-state index < -0.39 is 10.0 Å². The molecule has 2 saturated carbocycles. The van der Waals surface area contributed by atoms with Gasteiger partial charge in [0.25, 0.3) is 10.0 Å². The van der Waals surface area contributed by atoms with Gasteiger partial charge in [-0.25, -0.2) is 4.83 Å². The number of benzene rings is 1. The fourth-order valence-corrected chi connectivity index (χ4v) is 4.28. The Labute approximate surface area is 124 Å². The van der Waals surface area contributed by atoms with Crippen LogP contribution in [0.2, 0.25) is 0 Å². The predicted octanol–water partition coefficient (Wildman–Crippen LogP) is 2.81. The lowest BCUT2D eigenvalue weighted by molar-refractivity contribution is 0.582. The first-order valence-corrected chi connectivity index (χ1v) is 8.58. The summed E-state index contributed by atoms with van der Waals surface area (Å²) in [5.74, 6) is 0.341. The van der Waals surface area contributed by atoms with E-state index in [1.54, 1.807) is 24.3 Å². The van der Waals surface area contributed by atoms with Gasteiger partial charge in [-0.1, -0.05) is 17.7 Å². The van der Waals surface area contributed by atoms with Gasteiger partial charge in [0.05, 0.1) is 9.77 Å². The molecule has 1 aromatic carbocycles. The molecule has 3 rings (SSSR count). The van der Waals surface area contributed by atoms with Crippen molar-refractivity contribution in [1.29, 1.82) is 0 Å². The molecule has 0 amide bonds. The van der Waals surface area contributed by atoms with Crippen LogP contribution in [-0.2, 0) is 10.0 Å². The van der Waals surface area contributed by atoms with Gasteiger partial charge in [-0.05, 0) is 38.3 Å². The molecule has 2 aliphatic carbocycles. The van der Waals surface area contributed by atoms with Crippen molar-refractivity contribution in [1.82, 2.24) is 4.83 Å². The van der Waals surface area contributed by atoms with E-state index in [0.717, 1.165) is 30.5 Å². The van der Waals surface area contributed by atoms with Gasteiger partial charge in [-0.3, -0.25) is 0 Å². The van der Waals surface area contributed by atoms with Crippen LogP contribution in [0, 0.1) is 12.8 Å². The number of sulfonamides is 1. The molecule has 2 unspecified atom stereocenters. The van der Waals surface area contributed by atoms with Gasteiger partial charge in [-0.15, -0.1) is 11.6 Å². The smallest absolute Gasteiger partial charge is 0.200 e. The number of nitrogens with one attached hydrogen (secondary N) is 1. The second-order valence-corrected chi connectivity index (χ2v) is 8.24. The Balaban J connectivity index is 1.76. The fourth-order valence-electron chi connectivity index (χ4n) is 3.01. The summed E-state index contributed by atoms with van der Waals surface area (Å²) in [7, 11) is -3.58. The number of aryl methyl sites for hydroxylation is 1. The molecule has 2 fully saturated rings. The van der Waals surface area contributed by atoms with Crippen LogP contribution in [0.25, 0.3) is 0 Å². The number of hydrogen-bond donors (Lipinski definition) is 1. The van der Waals surface area contributed by atoms with E-state index in [0.29, 0.717) is 12.3 Å². The maximum absolute atomic E-state index is 12.1. The van der Waals surface area contributed by atoms with Crippen LogP contribution in [0.4, 0.5) is 0 Å². The summed E-state index contributed by atoms with van der Waals surface area (Å²) < 4.78 is 24.3. The van der Waals surface area contributed by atoms with Crippen LogP contribution in [0.1, 0.15) is 31.2 Å². The minimum atomic E-state index is -3.58. The third kappa shape index (κ3) is 2.56. The summed E-state index contributed by atoms with van der Waals surface area (Å²) in [6, 6.07) is 6.71. The van der Waals surface area contributed by atoms with Crippen LogP contribution in [-0.4, -0.2) is 19.0 Å². The van der Waals surface area contributed by atoms with Crippen molar-refractivity contribution >= 4 is 27.3 Å². The zero-order chi connectivity index (χ0) is 14.4. The summed E-state index contributed by atoms with van der Waals surface area (Å²) >= 11 is 6.42. The average Bonchev–Trinajstić information content (AvgIpc) is 2.92. The minimum Gasteiger partial charge on any atom is -0.200 e. The summed E-state index contributed by atoms with van der Waals surface area (Å²) in [6.07, 6.45) is 3.62. The Bertz CT molecular complexity index is 654. The Morgan fingerprint density at radius 2 is 2.05 bits per heavy atom. The van der Waals surface area contributed by atoms with E-state index in [9.17, 15) is 8.42 Å². The van der Waals surface area contributed by atoms with Gasteiger partial charge in [0.1, 0.15) is 0 Å². The highest BCUT2D eigenvalue weighted by atomic mass is 35.5. The lowest BCUT2D eigenvalue weighted by Gasteiger charge is -2.18. The Hall–Kier alpha value is -1.07. The van der Waals surface area contributed by atoms with Gasteiger partial charge in [0.15, 0.2) is 0 Å². The summed E-state index contributed by atoms with van der Waals surface area (Å²) in [5.41, 5.74) is 1.91. The summed E-state index contributed by atoms with van der Waals surface area (Å²) in [4.78, 5) is 2.39. The van der Waals surface area contributed by atoms with Crippen LogP contribution in [0.3, 0.4) is 0 Å². The standard InChI is InChI=1S/C14H17ClN2O2S/c1-10-2-4-12(5-3-10)20(18,19)17-16-13-9-14(15)7-6-11(13)8-14/h2-5,11,17H,6-9H2,1H3/b16-13+. The molecule has 20 heavy (non-hydrogen) atoms. The molecule has 0 aromatic heterocycles. The second kappa shape index (κ2) is 4.74. The zero-order valence-electron chi connectivity index (χ0n) is 11.3. The molecule has 1 aromatic rings. The van der Waals surface area contributed by atoms with Crippen molar-refractivity contribution in [2.75, 3.05) is 0 Å². The van der Waals surface area contributed by atoms with Gasteiger partial charge in [0.2, 0.25) is 0 Å². The average molecular weight is 313 g/mol. The van der Waals surface area contributed by atoms with Crippen molar-refractivity contribution in [3.63, 3.8) is 0 Å². The van der Waals surface area contributed by atoms with Crippen LogP contribution in [0.5, 0.6) is 0 Å². The SMILES string of the molecule is Cc1ccc(S(=O)(=O)N/N=C2\CC3(Cl)CCC2C3)cc1. The van der Waals surface area contributed by atoms with Crippen LogP contribution in [0.15, 0.2) is 34.3 Å². The van der Waals surface area contributed by atoms with Gasteiger partial charge in [0, 0.05) is 18.1 Å². The summed E-state index contributed by atoms with van der Waals surface area (Å²) in [5, 5.41) is 4.12. The van der Waals surface area contributed by atoms with Crippen molar-refractivity contribution in [3.05, 3.63) is 29.8 Å². The molecule has 6 heteroatoms. The quantitative estimate of drug-likeness (QED) is 0.689. The molecule has 2 bridgehead atoms. The molecular weight excluding hydrogens is 296 g/mol. The normalized spacial score (nSPS) is 30.9. The number of nitrogens with zero attached hydrogens (tertiary/aromatic N) is 1. The molecule has 0 aliphatic heterocycles. The number of alkyl halides is 1. The monoisotopic (exact) mass is 312 g/mol. The van der Waals surface area contributed by atoms with Gasteiger partial charge in [-0.2, -0.15) is 13.5 Å². The van der Waals surface area contributed by atoms with E-state index in [1.807, 2.05) is 6.92 Å². The molecule has 0 radical (unpaired) electrons. The van der Waals surface area contributed by atoms with Crippen molar-refractivity contribution in [3.8, 4) is 0 Å². The largest absolute Gasteiger partial charge is 0.276 e. The first kappa shape index (κ1) is 13.9. The van der Waals surface area contributed by atoms with Gasteiger partial charge < -0.3 is 0 Å². The van der Waals surface area contributed by atoms with E-state index >= 15 is 0 Å². The molecule has 2 aliphatic rings. The number of halogens is 1. The number of fused-ring (bicyclic) bond motifs is 2. The number of rotatable bonds is 3. The number of hydrogen-bond acceptors (Lipinski definition) is 3. The highest BCUT2D eigenvalue weighted by molar-refractivity contribution is 7.89. The summed E-state index contributed by atoms with van der Waals surface area (Å²) in [6.45, 7) is 1.92. The molecule has 2 atom stereocenters. The Morgan fingerprint density at radius 1 is 1.35 bits per heavy atom. The third-order valence-corrected chi connectivity index (χ3v) is 5.86. The van der Waals surface area contributed by atoms with E-state index in [1.165, 1.54) is 0 Å². The third-order valence-electron chi connectivity index (χ3n) is 4.16. The molecular formula is C14H17ClN2O2S. The molecule has 0 heterocycles. The highest BCUT2D eigenvalue weighted by Gasteiger charge is 2.47. The first-order valence-electron chi connectivity index (χ1n) is 6.72. The van der Waals surface area contributed by atoms with E-state index in [4.69, 9.17) is 11.6 Å². The minimum absolute atomic E-state index is 0.182. The van der Waals surface area contributed by atoms with Gasteiger partial charge >= 0.3 is 0 Å². The molecule has 1 N–H and O–H groups in total. The Kier molecular flexibility index (Phi) is 3.29. The lowest BCUT2D eigenvalue weighted by atomic mass is 9.98. The molecule has 108 valence electrons. The predicted molar refractivity (Wildman–Crippen MR) is 79.5 cm³/mol. The van der Waals surface area contributed by atoms with Crippen molar-refractivity contribution in [2.45, 2.75) is 42.4 Å². The fraction of sp³-hybridized carbons (Fsp3) is 0.500. The topological polar surface area (TPSA) is 58.5 Å². The van der Waals surface area contributed by atoms with Crippen LogP contribution < -0.4 is 4.83 Å². The number of hydrazone groups is 1. The maximum atomic E-state index is 12.1. The highest BCUT2D eigenvalue weighted by Crippen LogP contribution is 2.50. The maximum Gasteiger partial charge on any atom is 0.276 e.